The molecule has 282 valence electrons. The number of aliphatic carboxylic acids is 3. The lowest BCUT2D eigenvalue weighted by Gasteiger charge is -2.14. The third-order valence-corrected chi connectivity index (χ3v) is 7.72. The van der Waals surface area contributed by atoms with Crippen LogP contribution in [-0.2, 0) is 43.0 Å². The number of rotatable bonds is 35. The van der Waals surface area contributed by atoms with E-state index in [2.05, 4.69) is 16.0 Å². The van der Waals surface area contributed by atoms with Crippen LogP contribution >= 0.6 is 0 Å². The molecule has 0 bridgehead atoms. The summed E-state index contributed by atoms with van der Waals surface area (Å²) in [6.07, 6.45) is 15.9. The second kappa shape index (κ2) is 31.7. The summed E-state index contributed by atoms with van der Waals surface area (Å²) in [6.45, 7) is 0.101. The van der Waals surface area contributed by atoms with Gasteiger partial charge in [0.25, 0.3) is 0 Å². The molecule has 15 heteroatoms. The van der Waals surface area contributed by atoms with Gasteiger partial charge in [-0.25, -0.2) is 9.59 Å². The summed E-state index contributed by atoms with van der Waals surface area (Å²) in [6, 6.07) is -2.33. The molecule has 0 heterocycles. The Labute approximate surface area is 289 Å². The van der Waals surface area contributed by atoms with Crippen molar-refractivity contribution in [3.8, 4) is 0 Å². The largest absolute Gasteiger partial charge is 0.481 e. The number of aldehydes is 1. The van der Waals surface area contributed by atoms with Crippen molar-refractivity contribution in [1.29, 1.82) is 0 Å². The predicted octanol–water partition coefficient (Wildman–Crippen LogP) is 3.36. The number of carbonyl (C=O) groups is 7. The topological polar surface area (TPSA) is 235 Å². The van der Waals surface area contributed by atoms with Crippen LogP contribution in [0.5, 0.6) is 0 Å². The van der Waals surface area contributed by atoms with Gasteiger partial charge in [-0.1, -0.05) is 77.0 Å². The van der Waals surface area contributed by atoms with Gasteiger partial charge in [-0.2, -0.15) is 0 Å². The molecule has 49 heavy (non-hydrogen) atoms. The molecule has 0 unspecified atom stereocenters. The molecule has 0 aromatic heterocycles. The standard InChI is InChI=1S/C34H59N3O12/c38-22-15-16-27(33(44)45)37-31(41)26-49-25-24-48-23-21-35-29(39)20-19-28(34(46)47)36-30(40)17-13-11-9-7-5-3-1-2-4-6-8-10-12-14-18-32(42)43/h22,27-28H,1-21,23-26H2,(H,35,39)(H,36,40)(H,37,41)(H,42,43)(H,44,45)(H,46,47)/t27-,28-/m0/s1. The second-order valence-corrected chi connectivity index (χ2v) is 12.1. The molecule has 6 N–H and O–H groups in total. The lowest BCUT2D eigenvalue weighted by Crippen LogP contribution is -2.42. The number of unbranched alkanes of at least 4 members (excludes halogenated alkanes) is 13. The average molecular weight is 702 g/mol. The maximum absolute atomic E-state index is 12.2. The molecule has 0 aliphatic heterocycles. The average Bonchev–Trinajstić information content (AvgIpc) is 3.05. The minimum atomic E-state index is -1.24. The number of nitrogens with one attached hydrogen (secondary N) is 3. The van der Waals surface area contributed by atoms with Gasteiger partial charge in [-0.3, -0.25) is 19.2 Å². The van der Waals surface area contributed by atoms with Gasteiger partial charge in [0.05, 0.1) is 19.8 Å². The number of carboxylic acid groups (broad SMARTS) is 3. The van der Waals surface area contributed by atoms with Crippen LogP contribution in [0.3, 0.4) is 0 Å². The third-order valence-electron chi connectivity index (χ3n) is 7.72. The molecule has 0 fully saturated rings. The Morgan fingerprint density at radius 2 is 1.00 bits per heavy atom. The van der Waals surface area contributed by atoms with E-state index in [1.165, 1.54) is 38.5 Å². The predicted molar refractivity (Wildman–Crippen MR) is 180 cm³/mol. The van der Waals surface area contributed by atoms with Crippen molar-refractivity contribution in [2.45, 2.75) is 141 Å². The molecule has 0 aliphatic carbocycles. The van der Waals surface area contributed by atoms with Gasteiger partial charge in [-0.15, -0.1) is 0 Å². The van der Waals surface area contributed by atoms with Gasteiger partial charge in [0.1, 0.15) is 25.0 Å². The SMILES string of the molecule is O=CCC[C@H](NC(=O)COCCOCCNC(=O)CC[C@H](NC(=O)CCCCCCCCCCCCCCCCC(=O)O)C(=O)O)C(=O)O. The van der Waals surface area contributed by atoms with Crippen LogP contribution in [0.1, 0.15) is 128 Å². The molecule has 0 saturated carbocycles. The minimum absolute atomic E-state index is 0.00565. The van der Waals surface area contributed by atoms with E-state index in [4.69, 9.17) is 19.7 Å². The highest BCUT2D eigenvalue weighted by Crippen LogP contribution is 2.14. The summed E-state index contributed by atoms with van der Waals surface area (Å²) in [7, 11) is 0. The zero-order valence-electron chi connectivity index (χ0n) is 28.9. The summed E-state index contributed by atoms with van der Waals surface area (Å²) in [5.41, 5.74) is 0. The first-order valence-electron chi connectivity index (χ1n) is 17.7. The summed E-state index contributed by atoms with van der Waals surface area (Å²) in [5, 5.41) is 34.5. The van der Waals surface area contributed by atoms with Crippen molar-refractivity contribution < 1.29 is 58.4 Å². The van der Waals surface area contributed by atoms with Crippen molar-refractivity contribution in [3.05, 3.63) is 0 Å². The Kier molecular flexibility index (Phi) is 29.3. The van der Waals surface area contributed by atoms with E-state index in [1.54, 1.807) is 0 Å². The van der Waals surface area contributed by atoms with Crippen molar-refractivity contribution in [2.24, 2.45) is 0 Å². The summed E-state index contributed by atoms with van der Waals surface area (Å²) in [5.74, 6) is -4.53. The first-order chi connectivity index (χ1) is 23.6. The maximum atomic E-state index is 12.2. The molecule has 0 aliphatic rings. The van der Waals surface area contributed by atoms with Gasteiger partial charge >= 0.3 is 17.9 Å². The highest BCUT2D eigenvalue weighted by molar-refractivity contribution is 5.85. The smallest absolute Gasteiger partial charge is 0.326 e. The van der Waals surface area contributed by atoms with Crippen molar-refractivity contribution in [1.82, 2.24) is 16.0 Å². The van der Waals surface area contributed by atoms with Crippen molar-refractivity contribution in [3.63, 3.8) is 0 Å². The fraction of sp³-hybridized carbons (Fsp3) is 0.794. The Hall–Kier alpha value is -3.59. The number of hydrogen-bond donors (Lipinski definition) is 6. The molecular formula is C34H59N3O12. The van der Waals surface area contributed by atoms with Crippen LogP contribution in [0.15, 0.2) is 0 Å². The van der Waals surface area contributed by atoms with Crippen LogP contribution in [0.25, 0.3) is 0 Å². The van der Waals surface area contributed by atoms with E-state index < -0.39 is 35.9 Å². The van der Waals surface area contributed by atoms with Gasteiger partial charge in [0.15, 0.2) is 0 Å². The Bertz CT molecular complexity index is 963. The lowest BCUT2D eigenvalue weighted by molar-refractivity contribution is -0.143. The normalized spacial score (nSPS) is 12.1. The number of carbonyl (C=O) groups excluding carboxylic acids is 4. The quantitative estimate of drug-likeness (QED) is 0.0412. The van der Waals surface area contributed by atoms with E-state index in [1.807, 2.05) is 0 Å². The van der Waals surface area contributed by atoms with Gasteiger partial charge < -0.3 is 45.5 Å². The van der Waals surface area contributed by atoms with Crippen LogP contribution in [0, 0.1) is 0 Å². The molecular weight excluding hydrogens is 642 g/mol. The number of carboxylic acids is 3. The summed E-state index contributed by atoms with van der Waals surface area (Å²) < 4.78 is 10.4. The molecule has 3 amide bonds. The molecule has 0 aromatic carbocycles. The lowest BCUT2D eigenvalue weighted by atomic mass is 10.0. The third kappa shape index (κ3) is 30.2. The molecule has 0 radical (unpaired) electrons. The Balaban J connectivity index is 3.78. The molecule has 0 saturated heterocycles. The zero-order chi connectivity index (χ0) is 36.5. The van der Waals surface area contributed by atoms with Crippen molar-refractivity contribution in [2.75, 3.05) is 33.0 Å². The second-order valence-electron chi connectivity index (χ2n) is 12.1. The van der Waals surface area contributed by atoms with E-state index in [-0.39, 0.29) is 83.3 Å². The monoisotopic (exact) mass is 701 g/mol. The first-order valence-corrected chi connectivity index (χ1v) is 17.7. The Morgan fingerprint density at radius 1 is 0.531 bits per heavy atom. The van der Waals surface area contributed by atoms with E-state index in [0.717, 1.165) is 44.9 Å². The summed E-state index contributed by atoms with van der Waals surface area (Å²) in [4.78, 5) is 79.6. The molecule has 0 spiro atoms. The minimum Gasteiger partial charge on any atom is -0.481 e. The van der Waals surface area contributed by atoms with E-state index >= 15 is 0 Å². The molecule has 0 rings (SSSR count). The zero-order valence-corrected chi connectivity index (χ0v) is 28.9. The van der Waals surface area contributed by atoms with Gasteiger partial charge in [0.2, 0.25) is 17.7 Å². The molecule has 2 atom stereocenters. The molecule has 0 aromatic rings. The fourth-order valence-electron chi connectivity index (χ4n) is 4.95. The first kappa shape index (κ1) is 45.4. The molecule has 15 nitrogen and oxygen atoms in total. The highest BCUT2D eigenvalue weighted by Gasteiger charge is 2.21. The van der Waals surface area contributed by atoms with E-state index in [9.17, 15) is 38.7 Å². The van der Waals surface area contributed by atoms with E-state index in [0.29, 0.717) is 12.7 Å². The number of amides is 3. The highest BCUT2D eigenvalue weighted by atomic mass is 16.5. The number of hydrogen-bond acceptors (Lipinski definition) is 9. The van der Waals surface area contributed by atoms with Crippen LogP contribution in [-0.4, -0.2) is 102 Å². The van der Waals surface area contributed by atoms with Crippen LogP contribution < -0.4 is 16.0 Å². The maximum Gasteiger partial charge on any atom is 0.326 e. The van der Waals surface area contributed by atoms with Gasteiger partial charge in [-0.05, 0) is 25.7 Å². The fourth-order valence-corrected chi connectivity index (χ4v) is 4.95. The van der Waals surface area contributed by atoms with Crippen molar-refractivity contribution >= 4 is 41.9 Å². The Morgan fingerprint density at radius 3 is 1.51 bits per heavy atom. The van der Waals surface area contributed by atoms with Crippen LogP contribution in [0.4, 0.5) is 0 Å². The van der Waals surface area contributed by atoms with Crippen LogP contribution in [0.2, 0.25) is 0 Å². The number of ether oxygens (including phenoxy) is 2. The van der Waals surface area contributed by atoms with Gasteiger partial charge in [0, 0.05) is 32.2 Å². The summed E-state index contributed by atoms with van der Waals surface area (Å²) >= 11 is 0.